The van der Waals surface area contributed by atoms with Crippen molar-refractivity contribution >= 4 is 23.7 Å². The molecule has 1 aliphatic heterocycles. The molecule has 10 nitrogen and oxygen atoms in total. The van der Waals surface area contributed by atoms with Crippen LogP contribution in [-0.2, 0) is 24.0 Å². The van der Waals surface area contributed by atoms with Crippen LogP contribution in [0.3, 0.4) is 0 Å². The van der Waals surface area contributed by atoms with Gasteiger partial charge >= 0.3 is 5.97 Å². The Bertz CT molecular complexity index is 543. The lowest BCUT2D eigenvalue weighted by Crippen LogP contribution is -2.31. The van der Waals surface area contributed by atoms with Crippen LogP contribution < -0.4 is 5.32 Å². The number of carbonyl (C=O) groups is 4. The predicted octanol–water partition coefficient (Wildman–Crippen LogP) is 2.14. The van der Waals surface area contributed by atoms with Crippen LogP contribution in [0.5, 0.6) is 0 Å². The number of unbranched alkanes of at least 4 members (excludes halogenated alkanes) is 4. The van der Waals surface area contributed by atoms with Gasteiger partial charge in [-0.2, -0.15) is 0 Å². The van der Waals surface area contributed by atoms with Gasteiger partial charge in [-0.25, -0.2) is 4.79 Å². The zero-order valence-electron chi connectivity index (χ0n) is 14.8. The highest BCUT2D eigenvalue weighted by Crippen LogP contribution is 2.13. The highest BCUT2D eigenvalue weighted by molar-refractivity contribution is 6.01. The number of carbonyl (C=O) groups excluding carboxylic acids is 4. The lowest BCUT2D eigenvalue weighted by Gasteiger charge is -2.12. The molecule has 0 saturated carbocycles. The van der Waals surface area contributed by atoms with Crippen molar-refractivity contribution in [3.05, 3.63) is 10.4 Å². The van der Waals surface area contributed by atoms with E-state index in [2.05, 4.69) is 15.3 Å². The quantitative estimate of drug-likeness (QED) is 0.174. The Balaban J connectivity index is 1.95. The van der Waals surface area contributed by atoms with E-state index in [1.165, 1.54) is 0 Å². The van der Waals surface area contributed by atoms with E-state index in [4.69, 9.17) is 10.4 Å². The molecule has 1 saturated heterocycles. The summed E-state index contributed by atoms with van der Waals surface area (Å²) in [5, 5.41) is 6.79. The summed E-state index contributed by atoms with van der Waals surface area (Å²) < 4.78 is 0. The van der Waals surface area contributed by atoms with Crippen LogP contribution in [0.4, 0.5) is 0 Å². The van der Waals surface area contributed by atoms with E-state index in [9.17, 15) is 19.2 Å². The van der Waals surface area contributed by atoms with Crippen LogP contribution in [0.25, 0.3) is 10.4 Å². The molecule has 1 N–H and O–H groups in total. The first-order valence-corrected chi connectivity index (χ1v) is 8.88. The van der Waals surface area contributed by atoms with Gasteiger partial charge in [-0.3, -0.25) is 14.4 Å². The topological polar surface area (TPSA) is 142 Å². The first kappa shape index (κ1) is 21.4. The molecule has 26 heavy (non-hydrogen) atoms. The van der Waals surface area contributed by atoms with Gasteiger partial charge in [0, 0.05) is 43.7 Å². The number of hydroxylamine groups is 2. The summed E-state index contributed by atoms with van der Waals surface area (Å²) in [7, 11) is 0. The summed E-state index contributed by atoms with van der Waals surface area (Å²) in [5.74, 6) is -1.58. The van der Waals surface area contributed by atoms with Crippen molar-refractivity contribution < 1.29 is 24.0 Å². The van der Waals surface area contributed by atoms with Crippen molar-refractivity contribution in [2.75, 3.05) is 13.1 Å². The van der Waals surface area contributed by atoms with Crippen LogP contribution in [0.2, 0.25) is 0 Å². The Morgan fingerprint density at radius 3 is 2.38 bits per heavy atom. The fraction of sp³-hybridized carbons (Fsp3) is 0.750. The molecule has 3 amide bonds. The fourth-order valence-corrected chi connectivity index (χ4v) is 2.38. The average molecular weight is 367 g/mol. The smallest absolute Gasteiger partial charge is 0.333 e. The standard InChI is InChI=1S/C16H25N5O5/c17-20-19-12-6-1-3-7-13(22)18-11-5-2-4-8-16(25)26-21-14(23)9-10-15(21)24/h1-12H2,(H,18,22). The van der Waals surface area contributed by atoms with Crippen LogP contribution in [0.1, 0.15) is 64.2 Å². The van der Waals surface area contributed by atoms with Crippen LogP contribution in [-0.4, -0.2) is 41.8 Å². The van der Waals surface area contributed by atoms with E-state index in [1.807, 2.05) is 0 Å². The molecule has 144 valence electrons. The second-order valence-corrected chi connectivity index (χ2v) is 5.97. The van der Waals surface area contributed by atoms with E-state index in [0.29, 0.717) is 31.0 Å². The number of hydrogen-bond donors (Lipinski definition) is 1. The number of nitrogens with zero attached hydrogens (tertiary/aromatic N) is 4. The molecule has 0 aromatic carbocycles. The molecule has 0 unspecified atom stereocenters. The highest BCUT2D eigenvalue weighted by Gasteiger charge is 2.32. The minimum Gasteiger partial charge on any atom is -0.356 e. The molecular weight excluding hydrogens is 342 g/mol. The van der Waals surface area contributed by atoms with E-state index in [0.717, 1.165) is 32.1 Å². The number of nitrogens with one attached hydrogen (secondary N) is 1. The Labute approximate surface area is 151 Å². The number of imide groups is 1. The maximum absolute atomic E-state index is 11.6. The first-order valence-electron chi connectivity index (χ1n) is 8.88. The van der Waals surface area contributed by atoms with Crippen molar-refractivity contribution in [1.82, 2.24) is 10.4 Å². The summed E-state index contributed by atoms with van der Waals surface area (Å²) >= 11 is 0. The predicted molar refractivity (Wildman–Crippen MR) is 91.1 cm³/mol. The molecule has 0 bridgehead atoms. The largest absolute Gasteiger partial charge is 0.356 e. The maximum Gasteiger partial charge on any atom is 0.333 e. The summed E-state index contributed by atoms with van der Waals surface area (Å²) in [5.41, 5.74) is 8.12. The van der Waals surface area contributed by atoms with Crippen molar-refractivity contribution in [2.24, 2.45) is 5.11 Å². The average Bonchev–Trinajstić information content (AvgIpc) is 2.93. The third-order valence-electron chi connectivity index (χ3n) is 3.80. The summed E-state index contributed by atoms with van der Waals surface area (Å²) in [6.45, 7) is 0.996. The summed E-state index contributed by atoms with van der Waals surface area (Å²) in [6.07, 6.45) is 5.13. The zero-order chi connectivity index (χ0) is 19.2. The zero-order valence-corrected chi connectivity index (χ0v) is 14.8. The van der Waals surface area contributed by atoms with E-state index in [1.54, 1.807) is 0 Å². The van der Waals surface area contributed by atoms with Gasteiger partial charge in [0.05, 0.1) is 0 Å². The lowest BCUT2D eigenvalue weighted by molar-refractivity contribution is -0.197. The second kappa shape index (κ2) is 12.7. The second-order valence-electron chi connectivity index (χ2n) is 5.97. The van der Waals surface area contributed by atoms with Crippen molar-refractivity contribution in [1.29, 1.82) is 0 Å². The fourth-order valence-electron chi connectivity index (χ4n) is 2.38. The third-order valence-corrected chi connectivity index (χ3v) is 3.80. The maximum atomic E-state index is 11.6. The molecular formula is C16H25N5O5. The Morgan fingerprint density at radius 1 is 1.04 bits per heavy atom. The van der Waals surface area contributed by atoms with E-state index >= 15 is 0 Å². The molecule has 1 rings (SSSR count). The molecule has 0 atom stereocenters. The summed E-state index contributed by atoms with van der Waals surface area (Å²) in [4.78, 5) is 53.2. The molecule has 1 heterocycles. The minimum absolute atomic E-state index is 0.0146. The van der Waals surface area contributed by atoms with Gasteiger partial charge in [0.25, 0.3) is 11.8 Å². The van der Waals surface area contributed by atoms with Gasteiger partial charge in [-0.05, 0) is 31.2 Å². The third kappa shape index (κ3) is 9.03. The molecule has 0 aromatic rings. The van der Waals surface area contributed by atoms with Gasteiger partial charge < -0.3 is 10.2 Å². The Morgan fingerprint density at radius 2 is 1.69 bits per heavy atom. The lowest BCUT2D eigenvalue weighted by atomic mass is 10.1. The Hall–Kier alpha value is -2.61. The van der Waals surface area contributed by atoms with Crippen molar-refractivity contribution in [3.63, 3.8) is 0 Å². The monoisotopic (exact) mass is 367 g/mol. The molecule has 10 heteroatoms. The SMILES string of the molecule is [N-]=[N+]=NCCCCCC(=O)NCCCCCC(=O)ON1C(=O)CCC1=O. The van der Waals surface area contributed by atoms with Gasteiger partial charge in [-0.1, -0.05) is 18.0 Å². The highest BCUT2D eigenvalue weighted by atomic mass is 16.7. The molecule has 0 spiro atoms. The van der Waals surface area contributed by atoms with Gasteiger partial charge in [-0.15, -0.1) is 5.06 Å². The van der Waals surface area contributed by atoms with Crippen LogP contribution in [0.15, 0.2) is 5.11 Å². The Kier molecular flexibility index (Phi) is 10.5. The normalized spacial score (nSPS) is 13.5. The molecule has 0 aromatic heterocycles. The van der Waals surface area contributed by atoms with E-state index in [-0.39, 0.29) is 25.2 Å². The number of hydrogen-bond acceptors (Lipinski definition) is 6. The molecule has 1 fully saturated rings. The first-order chi connectivity index (χ1) is 12.5. The van der Waals surface area contributed by atoms with Crippen molar-refractivity contribution in [2.45, 2.75) is 64.2 Å². The summed E-state index contributed by atoms with van der Waals surface area (Å²) in [6, 6.07) is 0. The molecule has 1 aliphatic rings. The van der Waals surface area contributed by atoms with Crippen LogP contribution >= 0.6 is 0 Å². The number of rotatable bonds is 13. The minimum atomic E-state index is -0.599. The number of azide groups is 1. The molecule has 0 aliphatic carbocycles. The molecule has 0 radical (unpaired) electrons. The van der Waals surface area contributed by atoms with Crippen LogP contribution in [0, 0.1) is 0 Å². The van der Waals surface area contributed by atoms with Gasteiger partial charge in [0.15, 0.2) is 0 Å². The van der Waals surface area contributed by atoms with E-state index < -0.39 is 17.8 Å². The number of amides is 3. The van der Waals surface area contributed by atoms with Gasteiger partial charge in [0.1, 0.15) is 0 Å². The van der Waals surface area contributed by atoms with Gasteiger partial charge in [0.2, 0.25) is 5.91 Å². The van der Waals surface area contributed by atoms with Crippen molar-refractivity contribution in [3.8, 4) is 0 Å².